The molecule has 1 aliphatic rings. The summed E-state index contributed by atoms with van der Waals surface area (Å²) in [7, 11) is 0. The number of rotatable bonds is 5. The van der Waals surface area contributed by atoms with E-state index < -0.39 is 0 Å². The van der Waals surface area contributed by atoms with Crippen LogP contribution >= 0.6 is 0 Å². The van der Waals surface area contributed by atoms with Crippen molar-refractivity contribution in [3.63, 3.8) is 0 Å². The Labute approximate surface area is 95.9 Å². The summed E-state index contributed by atoms with van der Waals surface area (Å²) in [4.78, 5) is 11.4. The molecule has 5 nitrogen and oxygen atoms in total. The Morgan fingerprint density at radius 1 is 1.62 bits per heavy atom. The zero-order chi connectivity index (χ0) is 11.8. The van der Waals surface area contributed by atoms with Gasteiger partial charge < -0.3 is 20.1 Å². The number of carbonyl (C=O) groups is 1. The van der Waals surface area contributed by atoms with Crippen molar-refractivity contribution in [1.29, 1.82) is 0 Å². The highest BCUT2D eigenvalue weighted by Crippen LogP contribution is 1.99. The summed E-state index contributed by atoms with van der Waals surface area (Å²) in [5, 5.41) is 5.69. The fourth-order valence-corrected chi connectivity index (χ4v) is 1.35. The molecule has 0 saturated carbocycles. The lowest BCUT2D eigenvalue weighted by Crippen LogP contribution is -2.47. The van der Waals surface area contributed by atoms with E-state index in [1.54, 1.807) is 6.92 Å². The molecule has 1 aliphatic heterocycles. The third kappa shape index (κ3) is 4.62. The molecule has 2 N–H and O–H groups in total. The average Bonchev–Trinajstić information content (AvgIpc) is 2.34. The van der Waals surface area contributed by atoms with E-state index in [1.807, 2.05) is 0 Å². The SMILES string of the molecule is C#CCNC(=O)C(C)NCC1COCCO1. The molecule has 0 aromatic heterocycles. The number of ether oxygens (including phenoxy) is 2. The maximum Gasteiger partial charge on any atom is 0.237 e. The molecule has 90 valence electrons. The molecular formula is C11H18N2O3. The van der Waals surface area contributed by atoms with Gasteiger partial charge in [0.05, 0.1) is 38.5 Å². The van der Waals surface area contributed by atoms with E-state index in [1.165, 1.54) is 0 Å². The molecule has 0 aliphatic carbocycles. The van der Waals surface area contributed by atoms with E-state index in [9.17, 15) is 4.79 Å². The molecule has 0 aromatic rings. The summed E-state index contributed by atoms with van der Waals surface area (Å²) >= 11 is 0. The van der Waals surface area contributed by atoms with Gasteiger partial charge in [-0.25, -0.2) is 0 Å². The molecule has 1 rings (SSSR count). The van der Waals surface area contributed by atoms with E-state index in [4.69, 9.17) is 15.9 Å². The minimum absolute atomic E-state index is 0.0247. The van der Waals surface area contributed by atoms with E-state index in [0.29, 0.717) is 26.4 Å². The van der Waals surface area contributed by atoms with Gasteiger partial charge in [-0.1, -0.05) is 5.92 Å². The molecule has 0 aromatic carbocycles. The van der Waals surface area contributed by atoms with Crippen molar-refractivity contribution in [2.24, 2.45) is 0 Å². The third-order valence-electron chi connectivity index (χ3n) is 2.29. The largest absolute Gasteiger partial charge is 0.376 e. The Bertz CT molecular complexity index is 256. The maximum atomic E-state index is 11.4. The number of nitrogens with one attached hydrogen (secondary N) is 2. The number of amides is 1. The van der Waals surface area contributed by atoms with Gasteiger partial charge in [-0.15, -0.1) is 6.42 Å². The smallest absolute Gasteiger partial charge is 0.237 e. The Kier molecular flexibility index (Phi) is 5.86. The Balaban J connectivity index is 2.15. The van der Waals surface area contributed by atoms with E-state index in [-0.39, 0.29) is 24.6 Å². The minimum atomic E-state index is -0.279. The molecule has 2 atom stereocenters. The van der Waals surface area contributed by atoms with Crippen molar-refractivity contribution in [3.8, 4) is 12.3 Å². The van der Waals surface area contributed by atoms with Crippen LogP contribution in [0.2, 0.25) is 0 Å². The first kappa shape index (κ1) is 13.0. The molecule has 0 bridgehead atoms. The molecule has 1 fully saturated rings. The summed E-state index contributed by atoms with van der Waals surface area (Å²) in [5.41, 5.74) is 0. The summed E-state index contributed by atoms with van der Waals surface area (Å²) in [6.45, 7) is 4.48. The summed E-state index contributed by atoms with van der Waals surface area (Å²) in [6.07, 6.45) is 5.07. The molecular weight excluding hydrogens is 208 g/mol. The average molecular weight is 226 g/mol. The highest BCUT2D eigenvalue weighted by molar-refractivity contribution is 5.81. The van der Waals surface area contributed by atoms with E-state index in [0.717, 1.165) is 0 Å². The summed E-state index contributed by atoms with van der Waals surface area (Å²) in [6, 6.07) is -0.279. The summed E-state index contributed by atoms with van der Waals surface area (Å²) < 4.78 is 10.7. The first-order valence-corrected chi connectivity index (χ1v) is 5.38. The molecule has 1 saturated heterocycles. The predicted molar refractivity (Wildman–Crippen MR) is 59.9 cm³/mol. The van der Waals surface area contributed by atoms with Gasteiger partial charge in [0.25, 0.3) is 0 Å². The topological polar surface area (TPSA) is 59.6 Å². The number of terminal acetylenes is 1. The van der Waals surface area contributed by atoms with Gasteiger partial charge >= 0.3 is 0 Å². The molecule has 0 spiro atoms. The van der Waals surface area contributed by atoms with Crippen molar-refractivity contribution >= 4 is 5.91 Å². The fraction of sp³-hybridized carbons (Fsp3) is 0.727. The van der Waals surface area contributed by atoms with Crippen molar-refractivity contribution in [2.45, 2.75) is 19.1 Å². The van der Waals surface area contributed by atoms with Crippen molar-refractivity contribution in [2.75, 3.05) is 32.9 Å². The van der Waals surface area contributed by atoms with Gasteiger partial charge in [0, 0.05) is 6.54 Å². The fourth-order valence-electron chi connectivity index (χ4n) is 1.35. The van der Waals surface area contributed by atoms with Crippen LogP contribution in [0.4, 0.5) is 0 Å². The quantitative estimate of drug-likeness (QED) is 0.598. The van der Waals surface area contributed by atoms with Crippen LogP contribution < -0.4 is 10.6 Å². The first-order chi connectivity index (χ1) is 7.74. The minimum Gasteiger partial charge on any atom is -0.376 e. The van der Waals surface area contributed by atoms with Crippen LogP contribution in [0.25, 0.3) is 0 Å². The molecule has 2 unspecified atom stereocenters. The zero-order valence-electron chi connectivity index (χ0n) is 9.49. The second kappa shape index (κ2) is 7.23. The van der Waals surface area contributed by atoms with Gasteiger partial charge in [0.15, 0.2) is 0 Å². The Morgan fingerprint density at radius 3 is 3.06 bits per heavy atom. The molecule has 1 heterocycles. The zero-order valence-corrected chi connectivity index (χ0v) is 9.49. The van der Waals surface area contributed by atoms with Crippen LogP contribution in [0, 0.1) is 12.3 Å². The van der Waals surface area contributed by atoms with Gasteiger partial charge in [0.2, 0.25) is 5.91 Å². The molecule has 5 heteroatoms. The van der Waals surface area contributed by atoms with Crippen LogP contribution in [0.3, 0.4) is 0 Å². The standard InChI is InChI=1S/C11H18N2O3/c1-3-4-12-11(14)9(2)13-7-10-8-15-5-6-16-10/h1,9-10,13H,4-8H2,2H3,(H,12,14). The van der Waals surface area contributed by atoms with E-state index in [2.05, 4.69) is 16.6 Å². The monoisotopic (exact) mass is 226 g/mol. The van der Waals surface area contributed by atoms with Crippen LogP contribution in [0.15, 0.2) is 0 Å². The van der Waals surface area contributed by atoms with Crippen LogP contribution in [-0.4, -0.2) is 51.0 Å². The van der Waals surface area contributed by atoms with Crippen LogP contribution in [0.5, 0.6) is 0 Å². The number of hydrogen-bond acceptors (Lipinski definition) is 4. The van der Waals surface area contributed by atoms with Crippen LogP contribution in [0.1, 0.15) is 6.92 Å². The molecule has 0 radical (unpaired) electrons. The Morgan fingerprint density at radius 2 is 2.44 bits per heavy atom. The predicted octanol–water partition coefficient (Wildman–Crippen LogP) is -0.871. The van der Waals surface area contributed by atoms with Crippen LogP contribution in [-0.2, 0) is 14.3 Å². The highest BCUT2D eigenvalue weighted by atomic mass is 16.6. The van der Waals surface area contributed by atoms with Gasteiger partial charge in [0.1, 0.15) is 0 Å². The third-order valence-corrected chi connectivity index (χ3v) is 2.29. The van der Waals surface area contributed by atoms with Gasteiger partial charge in [-0.2, -0.15) is 0 Å². The Hall–Kier alpha value is -1.09. The van der Waals surface area contributed by atoms with Gasteiger partial charge in [-0.3, -0.25) is 4.79 Å². The highest BCUT2D eigenvalue weighted by Gasteiger charge is 2.17. The van der Waals surface area contributed by atoms with Gasteiger partial charge in [-0.05, 0) is 6.92 Å². The lowest BCUT2D eigenvalue weighted by Gasteiger charge is -2.24. The second-order valence-corrected chi connectivity index (χ2v) is 3.62. The first-order valence-electron chi connectivity index (χ1n) is 5.38. The molecule has 1 amide bonds. The number of carbonyl (C=O) groups excluding carboxylic acids is 1. The number of hydrogen-bond donors (Lipinski definition) is 2. The lowest BCUT2D eigenvalue weighted by atomic mass is 10.2. The maximum absolute atomic E-state index is 11.4. The molecule has 16 heavy (non-hydrogen) atoms. The van der Waals surface area contributed by atoms with Crippen molar-refractivity contribution in [3.05, 3.63) is 0 Å². The normalized spacial score (nSPS) is 22.1. The van der Waals surface area contributed by atoms with E-state index >= 15 is 0 Å². The van der Waals surface area contributed by atoms with Crippen molar-refractivity contribution in [1.82, 2.24) is 10.6 Å². The van der Waals surface area contributed by atoms with Crippen molar-refractivity contribution < 1.29 is 14.3 Å². The lowest BCUT2D eigenvalue weighted by molar-refractivity contribution is -0.123. The second-order valence-electron chi connectivity index (χ2n) is 3.62. The summed E-state index contributed by atoms with van der Waals surface area (Å²) in [5.74, 6) is 2.25.